The van der Waals surface area contributed by atoms with Gasteiger partial charge in [0, 0.05) is 12.2 Å². The van der Waals surface area contributed by atoms with Gasteiger partial charge in [-0.05, 0) is 35.4 Å². The predicted molar refractivity (Wildman–Crippen MR) is 140 cm³/mol. The van der Waals surface area contributed by atoms with Crippen LogP contribution in [0.2, 0.25) is 5.02 Å². The number of nitrogens with zero attached hydrogens (tertiary/aromatic N) is 4. The van der Waals surface area contributed by atoms with Crippen LogP contribution >= 0.6 is 11.6 Å². The Labute approximate surface area is 224 Å². The van der Waals surface area contributed by atoms with Gasteiger partial charge in [0.1, 0.15) is 18.9 Å². The van der Waals surface area contributed by atoms with Crippen LogP contribution in [0.3, 0.4) is 0 Å². The van der Waals surface area contributed by atoms with E-state index in [0.29, 0.717) is 43.7 Å². The van der Waals surface area contributed by atoms with Crippen LogP contribution in [0.5, 0.6) is 5.75 Å². The number of para-hydroxylation sites is 1. The molecule has 0 radical (unpaired) electrons. The summed E-state index contributed by atoms with van der Waals surface area (Å²) in [5, 5.41) is 7.77. The zero-order chi connectivity index (χ0) is 26.3. The number of carbonyl (C=O) groups is 2. The number of halogens is 1. The lowest BCUT2D eigenvalue weighted by molar-refractivity contribution is -0.131. The summed E-state index contributed by atoms with van der Waals surface area (Å²) in [7, 11) is 0. The van der Waals surface area contributed by atoms with Gasteiger partial charge in [0.2, 0.25) is 18.2 Å². The Morgan fingerprint density at radius 3 is 2.61 bits per heavy atom. The zero-order valence-corrected chi connectivity index (χ0v) is 21.2. The molecular formula is C28H25ClN4O5. The molecule has 0 bridgehead atoms. The molecule has 0 unspecified atom stereocenters. The van der Waals surface area contributed by atoms with Gasteiger partial charge in [0.25, 0.3) is 5.91 Å². The molecule has 0 N–H and O–H groups in total. The molecule has 194 valence electrons. The number of hydrogen-bond acceptors (Lipinski definition) is 7. The fourth-order valence-electron chi connectivity index (χ4n) is 4.16. The predicted octanol–water partition coefficient (Wildman–Crippen LogP) is 4.51. The third-order valence-electron chi connectivity index (χ3n) is 6.05. The summed E-state index contributed by atoms with van der Waals surface area (Å²) >= 11 is 6.51. The van der Waals surface area contributed by atoms with Crippen molar-refractivity contribution in [1.29, 1.82) is 0 Å². The number of anilines is 1. The maximum atomic E-state index is 13.6. The van der Waals surface area contributed by atoms with Gasteiger partial charge in [0.15, 0.2) is 0 Å². The van der Waals surface area contributed by atoms with Crippen molar-refractivity contribution in [3.63, 3.8) is 0 Å². The first-order valence-corrected chi connectivity index (χ1v) is 12.4. The Hall–Kier alpha value is -4.21. The van der Waals surface area contributed by atoms with Crippen LogP contribution < -0.4 is 9.64 Å². The minimum atomic E-state index is -0.381. The number of hydrogen-bond donors (Lipinski definition) is 0. The van der Waals surface area contributed by atoms with E-state index >= 15 is 0 Å². The van der Waals surface area contributed by atoms with Crippen molar-refractivity contribution in [1.82, 2.24) is 15.1 Å². The van der Waals surface area contributed by atoms with Crippen molar-refractivity contribution in [2.75, 3.05) is 24.7 Å². The van der Waals surface area contributed by atoms with Gasteiger partial charge in [-0.3, -0.25) is 14.5 Å². The highest BCUT2D eigenvalue weighted by Gasteiger charge is 2.31. The molecule has 1 aliphatic rings. The highest BCUT2D eigenvalue weighted by molar-refractivity contribution is 6.34. The van der Waals surface area contributed by atoms with Crippen LogP contribution in [-0.4, -0.2) is 46.7 Å². The Morgan fingerprint density at radius 1 is 1.00 bits per heavy atom. The quantitative estimate of drug-likeness (QED) is 0.292. The highest BCUT2D eigenvalue weighted by Crippen LogP contribution is 2.30. The summed E-state index contributed by atoms with van der Waals surface area (Å²) in [6.45, 7) is 1.53. The molecule has 5 rings (SSSR count). The lowest BCUT2D eigenvalue weighted by Gasteiger charge is -2.23. The molecule has 3 aromatic carbocycles. The van der Waals surface area contributed by atoms with Crippen molar-refractivity contribution >= 4 is 29.1 Å². The van der Waals surface area contributed by atoms with Crippen LogP contribution in [0, 0.1) is 0 Å². The molecule has 0 fully saturated rings. The minimum absolute atomic E-state index is 0.150. The molecule has 0 atom stereocenters. The Morgan fingerprint density at radius 2 is 1.82 bits per heavy atom. The number of benzene rings is 3. The third-order valence-corrected chi connectivity index (χ3v) is 6.36. The molecule has 0 aliphatic carbocycles. The second-order valence-corrected chi connectivity index (χ2v) is 9.04. The number of amides is 2. The number of rotatable bonds is 9. The molecule has 9 nitrogen and oxygen atoms in total. The first kappa shape index (κ1) is 25.4. The van der Waals surface area contributed by atoms with E-state index in [1.165, 1.54) is 11.3 Å². The van der Waals surface area contributed by atoms with Crippen LogP contribution in [-0.2, 0) is 29.2 Å². The smallest absolute Gasteiger partial charge is 0.260 e. The Balaban J connectivity index is 1.25. The van der Waals surface area contributed by atoms with Gasteiger partial charge in [-0.25, -0.2) is 0 Å². The summed E-state index contributed by atoms with van der Waals surface area (Å²) in [5.41, 5.74) is 2.82. The van der Waals surface area contributed by atoms with Crippen LogP contribution in [0.1, 0.15) is 27.4 Å². The van der Waals surface area contributed by atoms with Gasteiger partial charge < -0.3 is 18.8 Å². The Bertz CT molecular complexity index is 1400. The van der Waals surface area contributed by atoms with Gasteiger partial charge >= 0.3 is 0 Å². The van der Waals surface area contributed by atoms with Crippen molar-refractivity contribution in [3.05, 3.63) is 107 Å². The molecule has 0 saturated heterocycles. The van der Waals surface area contributed by atoms with Crippen molar-refractivity contribution in [3.8, 4) is 5.75 Å². The zero-order valence-electron chi connectivity index (χ0n) is 20.5. The SMILES string of the molecule is O=C1CN(C(=O)c2ccc(OCCOCc3ccccc3)cc2Cl)c2ccccc2CN1Cc1nnco1. The Kier molecular flexibility index (Phi) is 7.96. The summed E-state index contributed by atoms with van der Waals surface area (Å²) in [4.78, 5) is 29.8. The molecule has 0 saturated carbocycles. The first-order chi connectivity index (χ1) is 18.6. The molecule has 10 heteroatoms. The number of aromatic nitrogens is 2. The number of ether oxygens (including phenoxy) is 2. The average molecular weight is 533 g/mol. The summed E-state index contributed by atoms with van der Waals surface area (Å²) in [6, 6.07) is 22.2. The van der Waals surface area contributed by atoms with E-state index in [2.05, 4.69) is 10.2 Å². The molecule has 4 aromatic rings. The third kappa shape index (κ3) is 6.01. The first-order valence-electron chi connectivity index (χ1n) is 12.0. The lowest BCUT2D eigenvalue weighted by atomic mass is 10.1. The second kappa shape index (κ2) is 11.9. The van der Waals surface area contributed by atoms with Gasteiger partial charge in [0.05, 0.1) is 30.3 Å². The van der Waals surface area contributed by atoms with Crippen LogP contribution in [0.4, 0.5) is 5.69 Å². The molecular weight excluding hydrogens is 508 g/mol. The van der Waals surface area contributed by atoms with E-state index in [1.54, 1.807) is 23.1 Å². The van der Waals surface area contributed by atoms with Crippen molar-refractivity contribution < 1.29 is 23.5 Å². The standard InChI is InChI=1S/C28H25ClN4O5/c29-24-14-22(37-13-12-36-18-20-6-2-1-3-7-20)10-11-23(24)28(35)33-17-27(34)32(16-26-31-30-19-38-26)15-21-8-4-5-9-25(21)33/h1-11,14,19H,12-13,15-18H2. The van der Waals surface area contributed by atoms with E-state index in [1.807, 2.05) is 54.6 Å². The summed E-state index contributed by atoms with van der Waals surface area (Å²) in [5.74, 6) is 0.208. The van der Waals surface area contributed by atoms with Gasteiger partial charge in [-0.2, -0.15) is 0 Å². The summed E-state index contributed by atoms with van der Waals surface area (Å²) in [6.07, 6.45) is 1.22. The molecule has 2 amide bonds. The molecule has 1 aromatic heterocycles. The van der Waals surface area contributed by atoms with Crippen LogP contribution in [0.15, 0.2) is 83.6 Å². The lowest BCUT2D eigenvalue weighted by Crippen LogP contribution is -2.40. The largest absolute Gasteiger partial charge is 0.491 e. The van der Waals surface area contributed by atoms with Gasteiger partial charge in [-0.1, -0.05) is 60.1 Å². The highest BCUT2D eigenvalue weighted by atomic mass is 35.5. The second-order valence-electron chi connectivity index (χ2n) is 8.63. The molecule has 0 spiro atoms. The number of fused-ring (bicyclic) bond motifs is 1. The fraction of sp³-hybridized carbons (Fsp3) is 0.214. The average Bonchev–Trinajstić information content (AvgIpc) is 3.40. The fourth-order valence-corrected chi connectivity index (χ4v) is 4.41. The minimum Gasteiger partial charge on any atom is -0.491 e. The van der Waals surface area contributed by atoms with Crippen molar-refractivity contribution in [2.24, 2.45) is 0 Å². The topological polar surface area (TPSA) is 98.0 Å². The maximum Gasteiger partial charge on any atom is 0.260 e. The monoisotopic (exact) mass is 532 g/mol. The maximum absolute atomic E-state index is 13.6. The van der Waals surface area contributed by atoms with Crippen molar-refractivity contribution in [2.45, 2.75) is 19.7 Å². The molecule has 38 heavy (non-hydrogen) atoms. The van der Waals surface area contributed by atoms with Gasteiger partial charge in [-0.15, -0.1) is 10.2 Å². The molecule has 2 heterocycles. The van der Waals surface area contributed by atoms with E-state index in [0.717, 1.165) is 11.1 Å². The van der Waals surface area contributed by atoms with E-state index in [9.17, 15) is 9.59 Å². The van der Waals surface area contributed by atoms with E-state index in [4.69, 9.17) is 25.5 Å². The molecule has 1 aliphatic heterocycles. The van der Waals surface area contributed by atoms with E-state index in [-0.39, 0.29) is 35.5 Å². The van der Waals surface area contributed by atoms with E-state index < -0.39 is 0 Å². The van der Waals surface area contributed by atoms with Crippen LogP contribution in [0.25, 0.3) is 0 Å². The number of carbonyl (C=O) groups excluding carboxylic acids is 2. The normalized spacial score (nSPS) is 13.2. The summed E-state index contributed by atoms with van der Waals surface area (Å²) < 4.78 is 16.6.